The van der Waals surface area contributed by atoms with E-state index in [0.717, 1.165) is 25.7 Å². The van der Waals surface area contributed by atoms with E-state index in [0.29, 0.717) is 0 Å². The Hall–Kier alpha value is -1.30. The SMILES string of the molecule is CC(C)=C[C@@H]1[C@H](C(=O)O[C@@H]2CCCC[C@H]2C#N)C1(C)C. The molecule has 4 atom stereocenters. The summed E-state index contributed by atoms with van der Waals surface area (Å²) in [7, 11) is 0. The Morgan fingerprint density at radius 3 is 2.55 bits per heavy atom. The standard InChI is InChI=1S/C17H25NO2/c1-11(2)9-13-15(17(13,3)4)16(19)20-14-8-6-5-7-12(14)10-18/h9,12-15H,5-8H2,1-4H3/t12-,13+,14+,15+/m0/s1. The molecule has 0 radical (unpaired) electrons. The Kier molecular flexibility index (Phi) is 4.22. The van der Waals surface area contributed by atoms with Gasteiger partial charge in [-0.3, -0.25) is 4.79 Å². The van der Waals surface area contributed by atoms with Crippen molar-refractivity contribution < 1.29 is 9.53 Å². The van der Waals surface area contributed by atoms with Crippen LogP contribution >= 0.6 is 0 Å². The number of hydrogen-bond acceptors (Lipinski definition) is 3. The quantitative estimate of drug-likeness (QED) is 0.580. The largest absolute Gasteiger partial charge is 0.461 e. The van der Waals surface area contributed by atoms with Crippen LogP contribution in [0.25, 0.3) is 0 Å². The molecule has 3 heteroatoms. The molecule has 0 unspecified atom stereocenters. The third kappa shape index (κ3) is 2.90. The van der Waals surface area contributed by atoms with E-state index in [-0.39, 0.29) is 35.2 Å². The molecule has 3 nitrogen and oxygen atoms in total. The molecular formula is C17H25NO2. The third-order valence-corrected chi connectivity index (χ3v) is 4.81. The molecule has 0 N–H and O–H groups in total. The summed E-state index contributed by atoms with van der Waals surface area (Å²) in [5, 5.41) is 9.15. The fourth-order valence-electron chi connectivity index (χ4n) is 3.41. The first-order valence-electron chi connectivity index (χ1n) is 7.63. The number of ether oxygens (including phenoxy) is 1. The molecule has 0 aromatic rings. The highest BCUT2D eigenvalue weighted by molar-refractivity contribution is 5.78. The first-order valence-corrected chi connectivity index (χ1v) is 7.63. The summed E-state index contributed by atoms with van der Waals surface area (Å²) in [5.41, 5.74) is 1.23. The summed E-state index contributed by atoms with van der Waals surface area (Å²) in [5.74, 6) is 0.0175. The summed E-state index contributed by atoms with van der Waals surface area (Å²) in [6.07, 6.45) is 5.81. The van der Waals surface area contributed by atoms with Crippen LogP contribution in [0.5, 0.6) is 0 Å². The monoisotopic (exact) mass is 275 g/mol. The van der Waals surface area contributed by atoms with Gasteiger partial charge in [-0.15, -0.1) is 0 Å². The van der Waals surface area contributed by atoms with Crippen molar-refractivity contribution in [2.45, 2.75) is 59.5 Å². The van der Waals surface area contributed by atoms with Crippen molar-refractivity contribution in [1.82, 2.24) is 0 Å². The third-order valence-electron chi connectivity index (χ3n) is 4.81. The van der Waals surface area contributed by atoms with Crippen LogP contribution in [0, 0.1) is 34.5 Å². The molecule has 0 spiro atoms. The van der Waals surface area contributed by atoms with Gasteiger partial charge in [0.2, 0.25) is 0 Å². The van der Waals surface area contributed by atoms with Crippen molar-refractivity contribution in [1.29, 1.82) is 5.26 Å². The second kappa shape index (κ2) is 5.60. The van der Waals surface area contributed by atoms with Gasteiger partial charge in [0, 0.05) is 0 Å². The van der Waals surface area contributed by atoms with Gasteiger partial charge >= 0.3 is 5.97 Å². The number of allylic oxidation sites excluding steroid dienone is 2. The van der Waals surface area contributed by atoms with Crippen molar-refractivity contribution in [3.8, 4) is 6.07 Å². The summed E-state index contributed by atoms with van der Waals surface area (Å²) in [6.45, 7) is 8.35. The average molecular weight is 275 g/mol. The van der Waals surface area contributed by atoms with Crippen molar-refractivity contribution in [2.75, 3.05) is 0 Å². The molecule has 0 bridgehead atoms. The lowest BCUT2D eigenvalue weighted by molar-refractivity contribution is -0.155. The van der Waals surface area contributed by atoms with Crippen molar-refractivity contribution in [2.24, 2.45) is 23.2 Å². The molecule has 0 aromatic heterocycles. The predicted octanol–water partition coefficient (Wildman–Crippen LogP) is 3.85. The van der Waals surface area contributed by atoms with Gasteiger partial charge in [0.05, 0.1) is 17.9 Å². The van der Waals surface area contributed by atoms with Crippen LogP contribution in [0.15, 0.2) is 11.6 Å². The van der Waals surface area contributed by atoms with Crippen molar-refractivity contribution >= 4 is 5.97 Å². The number of rotatable bonds is 3. The average Bonchev–Trinajstić information content (AvgIpc) is 2.90. The van der Waals surface area contributed by atoms with Gasteiger partial charge in [0.25, 0.3) is 0 Å². The summed E-state index contributed by atoms with van der Waals surface area (Å²) < 4.78 is 5.68. The normalized spacial score (nSPS) is 34.8. The van der Waals surface area contributed by atoms with Crippen LogP contribution in [-0.4, -0.2) is 12.1 Å². The Morgan fingerprint density at radius 2 is 1.95 bits per heavy atom. The van der Waals surface area contributed by atoms with E-state index in [1.54, 1.807) is 0 Å². The minimum Gasteiger partial charge on any atom is -0.461 e. The first kappa shape index (κ1) is 15.1. The molecule has 0 aromatic carbocycles. The molecule has 2 aliphatic carbocycles. The Labute approximate surface area is 122 Å². The van der Waals surface area contributed by atoms with E-state index in [4.69, 9.17) is 10.00 Å². The Bertz CT molecular complexity index is 454. The molecule has 2 saturated carbocycles. The van der Waals surface area contributed by atoms with Gasteiger partial charge in [0.15, 0.2) is 0 Å². The molecule has 2 fully saturated rings. The highest BCUT2D eigenvalue weighted by Gasteiger charge is 2.61. The van der Waals surface area contributed by atoms with Gasteiger partial charge in [-0.1, -0.05) is 31.9 Å². The summed E-state index contributed by atoms with van der Waals surface area (Å²) >= 11 is 0. The lowest BCUT2D eigenvalue weighted by Gasteiger charge is -2.26. The smallest absolute Gasteiger partial charge is 0.310 e. The number of nitriles is 1. The van der Waals surface area contributed by atoms with Crippen LogP contribution in [0.1, 0.15) is 53.4 Å². The maximum absolute atomic E-state index is 12.4. The zero-order chi connectivity index (χ0) is 14.9. The van der Waals surface area contributed by atoms with Crippen molar-refractivity contribution in [3.63, 3.8) is 0 Å². The fraction of sp³-hybridized carbons (Fsp3) is 0.765. The number of esters is 1. The van der Waals surface area contributed by atoms with Crippen LogP contribution in [0.4, 0.5) is 0 Å². The van der Waals surface area contributed by atoms with Crippen molar-refractivity contribution in [3.05, 3.63) is 11.6 Å². The number of hydrogen-bond donors (Lipinski definition) is 0. The van der Waals surface area contributed by atoms with E-state index >= 15 is 0 Å². The zero-order valence-electron chi connectivity index (χ0n) is 13.0. The molecule has 0 amide bonds. The second-order valence-electron chi connectivity index (χ2n) is 7.06. The maximum atomic E-state index is 12.4. The zero-order valence-corrected chi connectivity index (χ0v) is 13.0. The van der Waals surface area contributed by atoms with Gasteiger partial charge < -0.3 is 4.74 Å². The molecule has 0 heterocycles. The Morgan fingerprint density at radius 1 is 1.30 bits per heavy atom. The summed E-state index contributed by atoms with van der Waals surface area (Å²) in [4.78, 5) is 12.4. The first-order chi connectivity index (χ1) is 9.37. The van der Waals surface area contributed by atoms with Gasteiger partial charge in [-0.25, -0.2) is 0 Å². The Balaban J connectivity index is 1.99. The number of carbonyl (C=O) groups excluding carboxylic acids is 1. The lowest BCUT2D eigenvalue weighted by atomic mass is 9.87. The lowest BCUT2D eigenvalue weighted by Crippen LogP contribution is -2.30. The van der Waals surface area contributed by atoms with Crippen LogP contribution in [-0.2, 0) is 9.53 Å². The minimum absolute atomic E-state index is 0.00877. The molecule has 2 rings (SSSR count). The molecular weight excluding hydrogens is 250 g/mol. The maximum Gasteiger partial charge on any atom is 0.310 e. The number of carbonyl (C=O) groups is 1. The van der Waals surface area contributed by atoms with Gasteiger partial charge in [-0.05, 0) is 44.4 Å². The minimum atomic E-state index is -0.190. The topological polar surface area (TPSA) is 50.1 Å². The van der Waals surface area contributed by atoms with E-state index in [1.807, 2.05) is 0 Å². The fourth-order valence-corrected chi connectivity index (χ4v) is 3.41. The van der Waals surface area contributed by atoms with Gasteiger partial charge in [-0.2, -0.15) is 5.26 Å². The highest BCUT2D eigenvalue weighted by atomic mass is 16.5. The summed E-state index contributed by atoms with van der Waals surface area (Å²) in [6, 6.07) is 2.29. The van der Waals surface area contributed by atoms with Crippen LogP contribution < -0.4 is 0 Å². The number of nitrogens with zero attached hydrogens (tertiary/aromatic N) is 1. The van der Waals surface area contributed by atoms with Gasteiger partial charge in [0.1, 0.15) is 6.10 Å². The van der Waals surface area contributed by atoms with E-state index in [2.05, 4.69) is 39.8 Å². The predicted molar refractivity (Wildman–Crippen MR) is 77.6 cm³/mol. The van der Waals surface area contributed by atoms with E-state index in [1.165, 1.54) is 5.57 Å². The van der Waals surface area contributed by atoms with E-state index < -0.39 is 0 Å². The second-order valence-corrected chi connectivity index (χ2v) is 7.06. The molecule has 2 aliphatic rings. The molecule has 110 valence electrons. The molecule has 0 saturated heterocycles. The van der Waals surface area contributed by atoms with E-state index in [9.17, 15) is 4.79 Å². The van der Waals surface area contributed by atoms with Crippen LogP contribution in [0.3, 0.4) is 0 Å². The van der Waals surface area contributed by atoms with Crippen LogP contribution in [0.2, 0.25) is 0 Å². The molecule has 0 aliphatic heterocycles. The molecule has 20 heavy (non-hydrogen) atoms. The highest BCUT2D eigenvalue weighted by Crippen LogP contribution is 2.60.